The van der Waals surface area contributed by atoms with Crippen LogP contribution in [0.3, 0.4) is 0 Å². The minimum absolute atomic E-state index is 0.0857. The fourth-order valence-electron chi connectivity index (χ4n) is 6.96. The minimum atomic E-state index is -2.00. The van der Waals surface area contributed by atoms with Gasteiger partial charge in [0.25, 0.3) is 0 Å². The van der Waals surface area contributed by atoms with Crippen molar-refractivity contribution >= 4 is 17.5 Å². The lowest BCUT2D eigenvalue weighted by atomic mass is 9.44. The molecule has 6 nitrogen and oxygen atoms in total. The summed E-state index contributed by atoms with van der Waals surface area (Å²) in [6, 6.07) is 0. The highest BCUT2D eigenvalue weighted by Crippen LogP contribution is 2.69. The van der Waals surface area contributed by atoms with E-state index in [-0.39, 0.29) is 24.5 Å². The number of esters is 1. The summed E-state index contributed by atoms with van der Waals surface area (Å²) in [6.07, 6.45) is 4.47. The standard InChI is InChI=1S/C23H29FO6/c1-13(25)30-12-19(28)22(29)9-7-16-17-5-4-14-10-15(26)6-8-20(14,2)23(17,24)18(27)11-21(16,22)3/h6,8,10,16-18,27,29H,4-5,7,9,11-12H2,1-3H3/t16?,17?,18?,20-,21-,22-,23-/m0/s1. The third kappa shape index (κ3) is 2.51. The lowest BCUT2D eigenvalue weighted by Crippen LogP contribution is -2.69. The summed E-state index contributed by atoms with van der Waals surface area (Å²) >= 11 is 0. The normalized spacial score (nSPS) is 47.1. The van der Waals surface area contributed by atoms with Crippen LogP contribution in [0.5, 0.6) is 0 Å². The summed E-state index contributed by atoms with van der Waals surface area (Å²) in [5, 5.41) is 22.6. The van der Waals surface area contributed by atoms with E-state index in [4.69, 9.17) is 4.74 Å². The summed E-state index contributed by atoms with van der Waals surface area (Å²) in [6.45, 7) is 4.12. The van der Waals surface area contributed by atoms with Crippen molar-refractivity contribution < 1.29 is 33.7 Å². The van der Waals surface area contributed by atoms with Gasteiger partial charge in [-0.05, 0) is 57.1 Å². The first-order chi connectivity index (χ1) is 13.9. The van der Waals surface area contributed by atoms with Gasteiger partial charge in [-0.3, -0.25) is 14.4 Å². The monoisotopic (exact) mass is 420 g/mol. The Morgan fingerprint density at radius 2 is 1.97 bits per heavy atom. The number of aliphatic hydroxyl groups is 2. The smallest absolute Gasteiger partial charge is 0.303 e. The van der Waals surface area contributed by atoms with Crippen molar-refractivity contribution in [3.63, 3.8) is 0 Å². The number of alkyl halides is 1. The molecule has 0 amide bonds. The van der Waals surface area contributed by atoms with Gasteiger partial charge in [0, 0.05) is 23.7 Å². The van der Waals surface area contributed by atoms with Crippen LogP contribution >= 0.6 is 0 Å². The van der Waals surface area contributed by atoms with Crippen LogP contribution in [-0.2, 0) is 19.1 Å². The van der Waals surface area contributed by atoms with Crippen LogP contribution < -0.4 is 0 Å². The van der Waals surface area contributed by atoms with Gasteiger partial charge < -0.3 is 14.9 Å². The Bertz CT molecular complexity index is 879. The minimum Gasteiger partial charge on any atom is -0.458 e. The fraction of sp³-hybridized carbons (Fsp3) is 0.696. The predicted octanol–water partition coefficient (Wildman–Crippen LogP) is 2.22. The van der Waals surface area contributed by atoms with Crippen LogP contribution in [0.25, 0.3) is 0 Å². The number of ketones is 2. The number of carbonyl (C=O) groups excluding carboxylic acids is 3. The molecule has 3 saturated carbocycles. The van der Waals surface area contributed by atoms with Crippen LogP contribution in [0.15, 0.2) is 23.8 Å². The molecule has 0 aromatic carbocycles. The van der Waals surface area contributed by atoms with Gasteiger partial charge in [0.2, 0.25) is 5.78 Å². The second kappa shape index (κ2) is 6.57. The number of carbonyl (C=O) groups is 3. The zero-order chi connectivity index (χ0) is 22.1. The summed E-state index contributed by atoms with van der Waals surface area (Å²) in [4.78, 5) is 35.8. The molecule has 4 aliphatic rings. The highest BCUT2D eigenvalue weighted by molar-refractivity contribution is 6.01. The Morgan fingerprint density at radius 3 is 2.63 bits per heavy atom. The molecule has 4 rings (SSSR count). The number of rotatable bonds is 3. The molecule has 0 bridgehead atoms. The first-order valence-electron chi connectivity index (χ1n) is 10.6. The molecule has 0 aliphatic heterocycles. The molecule has 3 fully saturated rings. The predicted molar refractivity (Wildman–Crippen MR) is 105 cm³/mol. The first kappa shape index (κ1) is 21.4. The average Bonchev–Trinajstić information content (AvgIpc) is 2.94. The highest BCUT2D eigenvalue weighted by atomic mass is 19.1. The molecule has 0 heterocycles. The van der Waals surface area contributed by atoms with Gasteiger partial charge in [-0.15, -0.1) is 0 Å². The zero-order valence-electron chi connectivity index (χ0n) is 17.6. The van der Waals surface area contributed by atoms with E-state index in [0.717, 1.165) is 0 Å². The number of ether oxygens (including phenoxy) is 1. The zero-order valence-corrected chi connectivity index (χ0v) is 17.6. The molecular formula is C23H29FO6. The summed E-state index contributed by atoms with van der Waals surface area (Å²) < 4.78 is 21.7. The Balaban J connectivity index is 1.72. The molecule has 0 aromatic heterocycles. The highest BCUT2D eigenvalue weighted by Gasteiger charge is 2.74. The van der Waals surface area contributed by atoms with Crippen molar-refractivity contribution in [2.45, 2.75) is 70.2 Å². The van der Waals surface area contributed by atoms with Crippen molar-refractivity contribution in [3.05, 3.63) is 23.8 Å². The van der Waals surface area contributed by atoms with Crippen LogP contribution in [0.2, 0.25) is 0 Å². The van der Waals surface area contributed by atoms with Gasteiger partial charge in [-0.25, -0.2) is 4.39 Å². The molecule has 3 unspecified atom stereocenters. The molecule has 30 heavy (non-hydrogen) atoms. The summed E-state index contributed by atoms with van der Waals surface area (Å²) in [7, 11) is 0. The molecule has 4 aliphatic carbocycles. The number of hydrogen-bond acceptors (Lipinski definition) is 6. The van der Waals surface area contributed by atoms with Crippen molar-refractivity contribution in [1.82, 2.24) is 0 Å². The van der Waals surface area contributed by atoms with E-state index < -0.39 is 52.5 Å². The van der Waals surface area contributed by atoms with Crippen LogP contribution in [0.1, 0.15) is 52.9 Å². The van der Waals surface area contributed by atoms with E-state index in [1.807, 2.05) is 0 Å². The number of aliphatic hydroxyl groups excluding tert-OH is 1. The van der Waals surface area contributed by atoms with Crippen LogP contribution in [0.4, 0.5) is 4.39 Å². The summed E-state index contributed by atoms with van der Waals surface area (Å²) in [5.74, 6) is -2.28. The van der Waals surface area contributed by atoms with Crippen molar-refractivity contribution in [2.24, 2.45) is 22.7 Å². The second-order valence-electron chi connectivity index (χ2n) is 9.87. The maximum absolute atomic E-state index is 16.9. The van der Waals surface area contributed by atoms with E-state index in [0.29, 0.717) is 24.8 Å². The van der Waals surface area contributed by atoms with Gasteiger partial charge in [-0.1, -0.05) is 18.6 Å². The third-order valence-electron chi connectivity index (χ3n) is 8.66. The molecule has 0 saturated heterocycles. The second-order valence-corrected chi connectivity index (χ2v) is 9.87. The van der Waals surface area contributed by atoms with Crippen molar-refractivity contribution in [1.29, 1.82) is 0 Å². The van der Waals surface area contributed by atoms with Gasteiger partial charge in [0.1, 0.15) is 5.60 Å². The number of halogens is 1. The number of Topliss-reactive ketones (excluding diaryl/α,β-unsaturated/α-hetero) is 1. The quantitative estimate of drug-likeness (QED) is 0.679. The van der Waals surface area contributed by atoms with Gasteiger partial charge in [0.15, 0.2) is 18.1 Å². The lowest BCUT2D eigenvalue weighted by molar-refractivity contribution is -0.217. The van der Waals surface area contributed by atoms with Gasteiger partial charge in [-0.2, -0.15) is 0 Å². The molecule has 0 radical (unpaired) electrons. The molecule has 2 N–H and O–H groups in total. The van der Waals surface area contributed by atoms with E-state index >= 15 is 4.39 Å². The number of fused-ring (bicyclic) bond motifs is 5. The van der Waals surface area contributed by atoms with Crippen LogP contribution in [-0.4, -0.2) is 51.7 Å². The van der Waals surface area contributed by atoms with E-state index in [1.54, 1.807) is 19.9 Å². The molecule has 7 atom stereocenters. The number of allylic oxidation sites excluding steroid dienone is 4. The third-order valence-corrected chi connectivity index (χ3v) is 8.66. The summed E-state index contributed by atoms with van der Waals surface area (Å²) in [5.41, 5.74) is -5.23. The SMILES string of the molecule is CC(=O)OCC(=O)[C@@]1(O)CCC2C3CCC4=CC(=O)C=C[C@]4(C)[C@@]3(F)C(O)C[C@@]21C. The van der Waals surface area contributed by atoms with Gasteiger partial charge >= 0.3 is 5.97 Å². The van der Waals surface area contributed by atoms with Crippen molar-refractivity contribution in [2.75, 3.05) is 6.61 Å². The largest absolute Gasteiger partial charge is 0.458 e. The number of hydrogen-bond donors (Lipinski definition) is 2. The average molecular weight is 420 g/mol. The maximum Gasteiger partial charge on any atom is 0.303 e. The Labute approximate surface area is 175 Å². The fourth-order valence-corrected chi connectivity index (χ4v) is 6.96. The van der Waals surface area contributed by atoms with E-state index in [1.165, 1.54) is 19.1 Å². The van der Waals surface area contributed by atoms with E-state index in [9.17, 15) is 24.6 Å². The van der Waals surface area contributed by atoms with E-state index in [2.05, 4.69) is 0 Å². The first-order valence-corrected chi connectivity index (χ1v) is 10.6. The molecule has 164 valence electrons. The van der Waals surface area contributed by atoms with Crippen LogP contribution in [0, 0.1) is 22.7 Å². The Morgan fingerprint density at radius 1 is 1.27 bits per heavy atom. The molecule has 0 spiro atoms. The Kier molecular flexibility index (Phi) is 4.68. The topological polar surface area (TPSA) is 101 Å². The maximum atomic E-state index is 16.9. The van der Waals surface area contributed by atoms with Gasteiger partial charge in [0.05, 0.1) is 6.10 Å². The van der Waals surface area contributed by atoms with Crippen molar-refractivity contribution in [3.8, 4) is 0 Å². The Hall–Kier alpha value is -1.86. The molecule has 7 heteroatoms. The molecular weight excluding hydrogens is 391 g/mol. The molecule has 0 aromatic rings. The lowest BCUT2D eigenvalue weighted by Gasteiger charge is -2.62.